The standard InChI is InChI=1S/C25H17AsCl3F3N2O2/c26-21(8-13-1-3-17(28)10-22(13)29)24(36)34-11-14-2-5-18(7-15(14)12-34)33-23(35)19-9-16(27)4-6-20(19)25(30,31)32/h1-7,9-10,21H,8,11-12H2,(H,33,35). The van der Waals surface area contributed by atoms with Crippen LogP contribution in [0.5, 0.6) is 0 Å². The molecule has 0 bridgehead atoms. The van der Waals surface area contributed by atoms with Crippen LogP contribution in [0.3, 0.4) is 0 Å². The third kappa shape index (κ3) is 6.03. The van der Waals surface area contributed by atoms with Crippen molar-refractivity contribution in [3.8, 4) is 0 Å². The smallest absolute Gasteiger partial charge is 0.166 e. The molecule has 0 fully saturated rings. The van der Waals surface area contributed by atoms with Crippen LogP contribution < -0.4 is 5.32 Å². The average molecular weight is 616 g/mol. The van der Waals surface area contributed by atoms with Crippen molar-refractivity contribution >= 4 is 69.2 Å². The fourth-order valence-electron chi connectivity index (χ4n) is 3.97. The summed E-state index contributed by atoms with van der Waals surface area (Å²) in [6.07, 6.45) is -4.29. The first-order valence-corrected chi connectivity index (χ1v) is 12.8. The fourth-order valence-corrected chi connectivity index (χ4v) is 5.38. The Morgan fingerprint density at radius 1 is 0.944 bits per heavy atom. The number of hydrogen-bond acceptors (Lipinski definition) is 2. The quantitative estimate of drug-likeness (QED) is 0.316. The molecule has 0 saturated heterocycles. The monoisotopic (exact) mass is 614 g/mol. The molecule has 1 aliphatic heterocycles. The van der Waals surface area contributed by atoms with Gasteiger partial charge in [0.05, 0.1) is 0 Å². The minimum atomic E-state index is -4.71. The molecule has 36 heavy (non-hydrogen) atoms. The van der Waals surface area contributed by atoms with Crippen LogP contribution in [0.1, 0.15) is 32.6 Å². The van der Waals surface area contributed by atoms with E-state index in [0.29, 0.717) is 35.2 Å². The molecule has 4 nitrogen and oxygen atoms in total. The molecule has 2 amide bonds. The number of carbonyl (C=O) groups excluding carboxylic acids is 2. The Kier molecular flexibility index (Phi) is 7.96. The number of benzene rings is 3. The third-order valence-electron chi connectivity index (χ3n) is 5.74. The fraction of sp³-hybridized carbons (Fsp3) is 0.200. The Morgan fingerprint density at radius 2 is 1.61 bits per heavy atom. The van der Waals surface area contributed by atoms with Gasteiger partial charge in [-0.25, -0.2) is 0 Å². The van der Waals surface area contributed by atoms with Crippen LogP contribution in [-0.4, -0.2) is 33.6 Å². The van der Waals surface area contributed by atoms with Crippen LogP contribution in [0.15, 0.2) is 54.6 Å². The number of carbonyl (C=O) groups is 2. The SMILES string of the molecule is O=C(Nc1ccc2c(c1)CN(C(=O)C([As])Cc1ccc(Cl)cc1Cl)C2)c1cc(Cl)ccc1C(F)(F)F. The number of hydrogen-bond donors (Lipinski definition) is 1. The number of amides is 2. The van der Waals surface area contributed by atoms with Gasteiger partial charge >= 0.3 is 199 Å². The van der Waals surface area contributed by atoms with Gasteiger partial charge in [-0.2, -0.15) is 13.2 Å². The number of rotatable bonds is 5. The van der Waals surface area contributed by atoms with Gasteiger partial charge in [-0.3, -0.25) is 0 Å². The Bertz CT molecular complexity index is 1350. The summed E-state index contributed by atoms with van der Waals surface area (Å²) in [6.45, 7) is 0.697. The van der Waals surface area contributed by atoms with Crippen molar-refractivity contribution in [2.24, 2.45) is 0 Å². The molecule has 0 spiro atoms. The maximum absolute atomic E-state index is 13.3. The van der Waals surface area contributed by atoms with E-state index in [1.165, 1.54) is 0 Å². The van der Waals surface area contributed by atoms with Crippen molar-refractivity contribution in [3.05, 3.63) is 97.5 Å². The van der Waals surface area contributed by atoms with Crippen LogP contribution in [-0.2, 0) is 30.5 Å². The molecule has 11 heteroatoms. The first kappa shape index (κ1) is 26.9. The molecule has 2 radical (unpaired) electrons. The van der Waals surface area contributed by atoms with Crippen molar-refractivity contribution in [1.29, 1.82) is 0 Å². The van der Waals surface area contributed by atoms with Crippen LogP contribution >= 0.6 is 34.8 Å². The summed E-state index contributed by atoms with van der Waals surface area (Å²) in [4.78, 5) is 27.4. The predicted octanol–water partition coefficient (Wildman–Crippen LogP) is 6.96. The first-order chi connectivity index (χ1) is 16.9. The summed E-state index contributed by atoms with van der Waals surface area (Å²) >= 11 is 20.4. The topological polar surface area (TPSA) is 49.4 Å². The molecule has 0 aromatic heterocycles. The van der Waals surface area contributed by atoms with Gasteiger partial charge in [0, 0.05) is 0 Å². The maximum atomic E-state index is 13.3. The molecule has 4 rings (SSSR count). The van der Waals surface area contributed by atoms with Gasteiger partial charge in [0.25, 0.3) is 0 Å². The summed E-state index contributed by atoms with van der Waals surface area (Å²) in [5.74, 6) is -1.02. The molecule has 1 N–H and O–H groups in total. The number of alkyl halides is 3. The molecule has 3 aromatic carbocycles. The molecule has 3 aromatic rings. The minimum Gasteiger partial charge on any atom is -0.166 e. The van der Waals surface area contributed by atoms with E-state index >= 15 is 0 Å². The number of fused-ring (bicyclic) bond motifs is 1. The predicted molar refractivity (Wildman–Crippen MR) is 135 cm³/mol. The summed E-state index contributed by atoms with van der Waals surface area (Å²) in [6, 6.07) is 13.0. The molecule has 1 heterocycles. The summed E-state index contributed by atoms with van der Waals surface area (Å²) in [5, 5.41) is 3.53. The van der Waals surface area contributed by atoms with Crippen molar-refractivity contribution in [2.75, 3.05) is 5.32 Å². The Hall–Kier alpha value is -2.18. The average Bonchev–Trinajstić information content (AvgIpc) is 3.22. The van der Waals surface area contributed by atoms with E-state index in [4.69, 9.17) is 34.8 Å². The minimum absolute atomic E-state index is 0.0173. The Labute approximate surface area is 229 Å². The van der Waals surface area contributed by atoms with Gasteiger partial charge in [0.15, 0.2) is 0 Å². The van der Waals surface area contributed by atoms with Gasteiger partial charge in [-0.1, -0.05) is 11.6 Å². The molecule has 1 aliphatic rings. The normalized spacial score (nSPS) is 13.9. The van der Waals surface area contributed by atoms with E-state index in [-0.39, 0.29) is 10.9 Å². The van der Waals surface area contributed by atoms with E-state index < -0.39 is 27.9 Å². The zero-order chi connectivity index (χ0) is 26.2. The molecule has 1 unspecified atom stereocenters. The molecule has 186 valence electrons. The number of nitrogens with one attached hydrogen (secondary N) is 1. The molecule has 1 atom stereocenters. The zero-order valence-electron chi connectivity index (χ0n) is 18.4. The summed E-state index contributed by atoms with van der Waals surface area (Å²) in [5.41, 5.74) is 1.17. The van der Waals surface area contributed by atoms with Crippen LogP contribution in [0.4, 0.5) is 18.9 Å². The van der Waals surface area contributed by atoms with E-state index in [1.807, 2.05) is 0 Å². The van der Waals surface area contributed by atoms with Crippen molar-refractivity contribution in [1.82, 2.24) is 4.90 Å². The van der Waals surface area contributed by atoms with Gasteiger partial charge in [0.1, 0.15) is 0 Å². The molecular formula is C25H17AsCl3F3N2O2. The first-order valence-electron chi connectivity index (χ1n) is 10.6. The molecule has 0 aliphatic carbocycles. The van der Waals surface area contributed by atoms with E-state index in [9.17, 15) is 22.8 Å². The van der Waals surface area contributed by atoms with Crippen LogP contribution in [0.25, 0.3) is 0 Å². The van der Waals surface area contributed by atoms with E-state index in [2.05, 4.69) is 22.2 Å². The zero-order valence-corrected chi connectivity index (χ0v) is 22.5. The second-order valence-electron chi connectivity index (χ2n) is 8.28. The second-order valence-corrected chi connectivity index (χ2v) is 10.9. The number of nitrogens with zero attached hydrogens (tertiary/aromatic N) is 1. The summed E-state index contributed by atoms with van der Waals surface area (Å²) < 4.78 is 39.6. The third-order valence-corrected chi connectivity index (χ3v) is 7.41. The van der Waals surface area contributed by atoms with Crippen molar-refractivity contribution in [2.45, 2.75) is 30.4 Å². The second kappa shape index (κ2) is 10.7. The van der Waals surface area contributed by atoms with Gasteiger partial charge in [-0.15, -0.1) is 0 Å². The van der Waals surface area contributed by atoms with Crippen molar-refractivity contribution in [3.63, 3.8) is 0 Å². The van der Waals surface area contributed by atoms with Gasteiger partial charge in [0.2, 0.25) is 0 Å². The summed E-state index contributed by atoms with van der Waals surface area (Å²) in [7, 11) is 0. The Balaban J connectivity index is 1.45. The number of halogens is 6. The van der Waals surface area contributed by atoms with Gasteiger partial charge in [-0.05, 0) is 6.07 Å². The van der Waals surface area contributed by atoms with Gasteiger partial charge < -0.3 is 0 Å². The van der Waals surface area contributed by atoms with Crippen LogP contribution in [0, 0.1) is 0 Å². The van der Waals surface area contributed by atoms with Crippen molar-refractivity contribution < 1.29 is 22.8 Å². The molecule has 0 saturated carbocycles. The molecular weight excluding hydrogens is 599 g/mol. The van der Waals surface area contributed by atoms with Crippen LogP contribution in [0.2, 0.25) is 19.8 Å². The van der Waals surface area contributed by atoms with E-state index in [0.717, 1.165) is 34.9 Å². The number of anilines is 1. The van der Waals surface area contributed by atoms with E-state index in [1.54, 1.807) is 41.3 Å². The Morgan fingerprint density at radius 3 is 2.31 bits per heavy atom.